The van der Waals surface area contributed by atoms with E-state index in [-0.39, 0.29) is 18.7 Å². The van der Waals surface area contributed by atoms with Gasteiger partial charge in [-0.05, 0) is 12.8 Å². The van der Waals surface area contributed by atoms with Crippen molar-refractivity contribution in [3.63, 3.8) is 0 Å². The summed E-state index contributed by atoms with van der Waals surface area (Å²) in [6.45, 7) is 2.08. The zero-order valence-electron chi connectivity index (χ0n) is 10.8. The minimum absolute atomic E-state index is 0.0331. The second kappa shape index (κ2) is 9.44. The van der Waals surface area contributed by atoms with Gasteiger partial charge in [0.15, 0.2) is 0 Å². The molecule has 0 aliphatic carbocycles. The standard InChI is InChI=1S/C12H22N2O4/c1-2-3-4-5-6-10(15)14-9(12(13)18)7-8-11(16)17/h9H,2-8H2,1H3,(H2,13,18)(H,14,15)(H,16,17)/t9-/m0/s1. The molecule has 4 N–H and O–H groups in total. The largest absolute Gasteiger partial charge is 0.481 e. The Morgan fingerprint density at radius 1 is 1.17 bits per heavy atom. The van der Waals surface area contributed by atoms with Gasteiger partial charge in [0, 0.05) is 12.8 Å². The normalized spacial score (nSPS) is 11.8. The predicted molar refractivity (Wildman–Crippen MR) is 66.8 cm³/mol. The molecule has 0 radical (unpaired) electrons. The van der Waals surface area contributed by atoms with Crippen molar-refractivity contribution in [1.82, 2.24) is 5.32 Å². The van der Waals surface area contributed by atoms with Crippen molar-refractivity contribution >= 4 is 17.8 Å². The highest BCUT2D eigenvalue weighted by Gasteiger charge is 2.18. The number of carbonyl (C=O) groups excluding carboxylic acids is 2. The average Bonchev–Trinajstić information content (AvgIpc) is 2.29. The monoisotopic (exact) mass is 258 g/mol. The summed E-state index contributed by atoms with van der Waals surface area (Å²) in [6.07, 6.45) is 4.09. The van der Waals surface area contributed by atoms with Gasteiger partial charge in [-0.3, -0.25) is 14.4 Å². The summed E-state index contributed by atoms with van der Waals surface area (Å²) < 4.78 is 0. The molecule has 0 aromatic heterocycles. The van der Waals surface area contributed by atoms with Crippen LogP contribution >= 0.6 is 0 Å². The molecule has 0 bridgehead atoms. The molecule has 6 heteroatoms. The Morgan fingerprint density at radius 2 is 1.83 bits per heavy atom. The quantitative estimate of drug-likeness (QED) is 0.503. The maximum Gasteiger partial charge on any atom is 0.303 e. The first-order valence-corrected chi connectivity index (χ1v) is 6.27. The van der Waals surface area contributed by atoms with Crippen LogP contribution in [-0.4, -0.2) is 28.9 Å². The van der Waals surface area contributed by atoms with E-state index in [0.29, 0.717) is 6.42 Å². The van der Waals surface area contributed by atoms with Crippen molar-refractivity contribution in [1.29, 1.82) is 0 Å². The van der Waals surface area contributed by atoms with Crippen LogP contribution in [0.15, 0.2) is 0 Å². The second-order valence-corrected chi connectivity index (χ2v) is 4.27. The van der Waals surface area contributed by atoms with Gasteiger partial charge in [-0.25, -0.2) is 0 Å². The molecule has 0 aromatic rings. The Morgan fingerprint density at radius 3 is 2.33 bits per heavy atom. The summed E-state index contributed by atoms with van der Waals surface area (Å²) in [6, 6.07) is -0.889. The van der Waals surface area contributed by atoms with E-state index in [1.807, 2.05) is 0 Å². The van der Waals surface area contributed by atoms with E-state index in [2.05, 4.69) is 12.2 Å². The van der Waals surface area contributed by atoms with Gasteiger partial charge in [-0.15, -0.1) is 0 Å². The van der Waals surface area contributed by atoms with Crippen molar-refractivity contribution in [2.45, 2.75) is 57.9 Å². The number of amides is 2. The van der Waals surface area contributed by atoms with Crippen LogP contribution in [0.1, 0.15) is 51.9 Å². The fourth-order valence-electron chi connectivity index (χ4n) is 1.53. The molecule has 6 nitrogen and oxygen atoms in total. The van der Waals surface area contributed by atoms with Crippen molar-refractivity contribution in [2.24, 2.45) is 5.73 Å². The molecule has 1 atom stereocenters. The molecule has 0 rings (SSSR count). The molecule has 0 spiro atoms. The summed E-state index contributed by atoms with van der Waals surface area (Å²) in [4.78, 5) is 32.9. The zero-order valence-corrected chi connectivity index (χ0v) is 10.8. The highest BCUT2D eigenvalue weighted by molar-refractivity contribution is 5.86. The number of carboxylic acids is 1. The van der Waals surface area contributed by atoms with E-state index in [1.165, 1.54) is 0 Å². The first kappa shape index (κ1) is 16.4. The minimum Gasteiger partial charge on any atom is -0.481 e. The molecular weight excluding hydrogens is 236 g/mol. The molecule has 104 valence electrons. The number of unbranched alkanes of at least 4 members (excludes halogenated alkanes) is 3. The molecule has 0 fully saturated rings. The number of carboxylic acid groups (broad SMARTS) is 1. The molecule has 0 unspecified atom stereocenters. The molecule has 0 saturated heterocycles. The van der Waals surface area contributed by atoms with Gasteiger partial charge >= 0.3 is 5.97 Å². The second-order valence-electron chi connectivity index (χ2n) is 4.27. The third kappa shape index (κ3) is 8.55. The Bertz CT molecular complexity index is 292. The topological polar surface area (TPSA) is 109 Å². The summed E-state index contributed by atoms with van der Waals surface area (Å²) >= 11 is 0. The summed E-state index contributed by atoms with van der Waals surface area (Å²) in [5.74, 6) is -1.96. The predicted octanol–water partition coefficient (Wildman–Crippen LogP) is 0.792. The fourth-order valence-corrected chi connectivity index (χ4v) is 1.53. The summed E-state index contributed by atoms with van der Waals surface area (Å²) in [5.41, 5.74) is 5.10. The van der Waals surface area contributed by atoms with E-state index in [0.717, 1.165) is 25.7 Å². The van der Waals surface area contributed by atoms with Crippen LogP contribution in [-0.2, 0) is 14.4 Å². The van der Waals surface area contributed by atoms with E-state index in [1.54, 1.807) is 0 Å². The number of primary amides is 1. The van der Waals surface area contributed by atoms with Gasteiger partial charge in [0.05, 0.1) is 0 Å². The van der Waals surface area contributed by atoms with Crippen LogP contribution in [0, 0.1) is 0 Å². The van der Waals surface area contributed by atoms with Gasteiger partial charge in [0.25, 0.3) is 0 Å². The lowest BCUT2D eigenvalue weighted by molar-refractivity contribution is -0.137. The van der Waals surface area contributed by atoms with E-state index in [9.17, 15) is 14.4 Å². The fraction of sp³-hybridized carbons (Fsp3) is 0.750. The maximum atomic E-state index is 11.5. The Hall–Kier alpha value is -1.59. The van der Waals surface area contributed by atoms with Crippen LogP contribution < -0.4 is 11.1 Å². The van der Waals surface area contributed by atoms with Gasteiger partial charge in [-0.1, -0.05) is 26.2 Å². The van der Waals surface area contributed by atoms with Gasteiger partial charge in [0.2, 0.25) is 11.8 Å². The van der Waals surface area contributed by atoms with Crippen LogP contribution in [0.5, 0.6) is 0 Å². The molecule has 0 heterocycles. The van der Waals surface area contributed by atoms with Crippen LogP contribution in [0.3, 0.4) is 0 Å². The van der Waals surface area contributed by atoms with E-state index < -0.39 is 17.9 Å². The highest BCUT2D eigenvalue weighted by atomic mass is 16.4. The number of hydrogen-bond donors (Lipinski definition) is 3. The molecule has 0 aromatic carbocycles. The average molecular weight is 258 g/mol. The number of nitrogens with two attached hydrogens (primary N) is 1. The number of nitrogens with one attached hydrogen (secondary N) is 1. The highest BCUT2D eigenvalue weighted by Crippen LogP contribution is 2.03. The van der Waals surface area contributed by atoms with Crippen molar-refractivity contribution in [2.75, 3.05) is 0 Å². The lowest BCUT2D eigenvalue weighted by atomic mass is 10.1. The third-order valence-electron chi connectivity index (χ3n) is 2.58. The Kier molecular flexibility index (Phi) is 8.61. The van der Waals surface area contributed by atoms with E-state index >= 15 is 0 Å². The number of rotatable bonds is 10. The van der Waals surface area contributed by atoms with Crippen LogP contribution in [0.4, 0.5) is 0 Å². The molecular formula is C12H22N2O4. The Labute approximate surface area is 107 Å². The SMILES string of the molecule is CCCCCCC(=O)N[C@@H](CCC(=O)O)C(N)=O. The molecule has 0 aliphatic rings. The van der Waals surface area contributed by atoms with Gasteiger partial charge < -0.3 is 16.2 Å². The van der Waals surface area contributed by atoms with Gasteiger partial charge in [0.1, 0.15) is 6.04 Å². The first-order chi connectivity index (χ1) is 8.47. The zero-order chi connectivity index (χ0) is 14.0. The van der Waals surface area contributed by atoms with Crippen molar-refractivity contribution < 1.29 is 19.5 Å². The summed E-state index contributed by atoms with van der Waals surface area (Å²) in [7, 11) is 0. The molecule has 0 aliphatic heterocycles. The number of carbonyl (C=O) groups is 3. The van der Waals surface area contributed by atoms with E-state index in [4.69, 9.17) is 10.8 Å². The lowest BCUT2D eigenvalue weighted by Crippen LogP contribution is -2.44. The van der Waals surface area contributed by atoms with Gasteiger partial charge in [-0.2, -0.15) is 0 Å². The molecule has 2 amide bonds. The lowest BCUT2D eigenvalue weighted by Gasteiger charge is -2.14. The maximum absolute atomic E-state index is 11.5. The third-order valence-corrected chi connectivity index (χ3v) is 2.58. The molecule has 18 heavy (non-hydrogen) atoms. The Balaban J connectivity index is 3.96. The minimum atomic E-state index is -1.02. The van der Waals surface area contributed by atoms with Crippen molar-refractivity contribution in [3.8, 4) is 0 Å². The van der Waals surface area contributed by atoms with Crippen LogP contribution in [0.2, 0.25) is 0 Å². The van der Waals surface area contributed by atoms with Crippen LogP contribution in [0.25, 0.3) is 0 Å². The number of aliphatic carboxylic acids is 1. The summed E-state index contributed by atoms with van der Waals surface area (Å²) in [5, 5.41) is 11.0. The van der Waals surface area contributed by atoms with Crippen molar-refractivity contribution in [3.05, 3.63) is 0 Å². The smallest absolute Gasteiger partial charge is 0.303 e. The molecule has 0 saturated carbocycles. The first-order valence-electron chi connectivity index (χ1n) is 6.27. The number of hydrogen-bond acceptors (Lipinski definition) is 3.